The third-order valence-electron chi connectivity index (χ3n) is 4.18. The minimum absolute atomic E-state index is 0.00508. The van der Waals surface area contributed by atoms with Crippen molar-refractivity contribution in [2.75, 3.05) is 7.11 Å². The van der Waals surface area contributed by atoms with Crippen molar-refractivity contribution >= 4 is 0 Å². The number of aliphatic hydroxyl groups excluding tert-OH is 1. The largest absolute Gasteiger partial charge is 0.392 e. The van der Waals surface area contributed by atoms with Gasteiger partial charge in [-0.1, -0.05) is 19.0 Å². The molecule has 0 aromatic carbocycles. The first kappa shape index (κ1) is 13.5. The van der Waals surface area contributed by atoms with Gasteiger partial charge in [0.1, 0.15) is 5.60 Å². The molecular formula is C13H22N2O3. The maximum absolute atomic E-state index is 9.87. The topological polar surface area (TPSA) is 68.4 Å². The second kappa shape index (κ2) is 5.36. The molecule has 5 nitrogen and oxygen atoms in total. The highest BCUT2D eigenvalue weighted by Crippen LogP contribution is 2.36. The summed E-state index contributed by atoms with van der Waals surface area (Å²) < 4.78 is 10.9. The first-order valence-corrected chi connectivity index (χ1v) is 6.74. The monoisotopic (exact) mass is 254 g/mol. The molecular weight excluding hydrogens is 232 g/mol. The van der Waals surface area contributed by atoms with E-state index in [2.05, 4.69) is 10.1 Å². The van der Waals surface area contributed by atoms with E-state index in [-0.39, 0.29) is 12.0 Å². The fraction of sp³-hybridized carbons (Fsp3) is 0.846. The van der Waals surface area contributed by atoms with Crippen LogP contribution < -0.4 is 0 Å². The number of hydrogen-bond acceptors (Lipinski definition) is 5. The van der Waals surface area contributed by atoms with Crippen molar-refractivity contribution in [3.05, 3.63) is 11.7 Å². The molecule has 18 heavy (non-hydrogen) atoms. The highest BCUT2D eigenvalue weighted by atomic mass is 16.5. The van der Waals surface area contributed by atoms with Gasteiger partial charge in [0.25, 0.3) is 0 Å². The molecule has 0 saturated heterocycles. The third kappa shape index (κ3) is 2.17. The number of rotatable bonds is 5. The van der Waals surface area contributed by atoms with Crippen molar-refractivity contribution in [2.45, 2.75) is 63.6 Å². The zero-order valence-corrected chi connectivity index (χ0v) is 11.3. The van der Waals surface area contributed by atoms with Gasteiger partial charge in [0.15, 0.2) is 0 Å². The minimum Gasteiger partial charge on any atom is -0.392 e. The van der Waals surface area contributed by atoms with Crippen LogP contribution in [0.25, 0.3) is 0 Å². The zero-order chi connectivity index (χ0) is 13.2. The summed E-state index contributed by atoms with van der Waals surface area (Å²) in [5.74, 6) is 1.15. The lowest BCUT2D eigenvalue weighted by molar-refractivity contribution is -0.0306. The summed E-state index contributed by atoms with van der Waals surface area (Å²) in [7, 11) is 1.67. The molecule has 2 unspecified atom stereocenters. The Morgan fingerprint density at radius 3 is 2.61 bits per heavy atom. The predicted octanol–water partition coefficient (Wildman–Crippen LogP) is 2.36. The molecule has 0 spiro atoms. The van der Waals surface area contributed by atoms with E-state index in [4.69, 9.17) is 9.26 Å². The summed E-state index contributed by atoms with van der Waals surface area (Å²) in [6.45, 7) is 4.10. The highest BCUT2D eigenvalue weighted by molar-refractivity contribution is 5.06. The Kier molecular flexibility index (Phi) is 4.02. The molecule has 102 valence electrons. The van der Waals surface area contributed by atoms with E-state index in [9.17, 15) is 5.11 Å². The van der Waals surface area contributed by atoms with Crippen LogP contribution in [0.5, 0.6) is 0 Å². The maximum atomic E-state index is 9.87. The van der Waals surface area contributed by atoms with E-state index in [0.717, 1.165) is 32.1 Å². The summed E-state index contributed by atoms with van der Waals surface area (Å²) >= 11 is 0. The van der Waals surface area contributed by atoms with E-state index in [0.29, 0.717) is 11.7 Å². The van der Waals surface area contributed by atoms with Crippen molar-refractivity contribution in [3.8, 4) is 0 Å². The van der Waals surface area contributed by atoms with E-state index < -0.39 is 5.60 Å². The number of hydrogen-bond donors (Lipinski definition) is 1. The van der Waals surface area contributed by atoms with Crippen LogP contribution in [0.3, 0.4) is 0 Å². The van der Waals surface area contributed by atoms with Gasteiger partial charge < -0.3 is 14.4 Å². The Morgan fingerprint density at radius 2 is 2.11 bits per heavy atom. The average molecular weight is 254 g/mol. The molecule has 1 aliphatic rings. The second-order valence-corrected chi connectivity index (χ2v) is 4.97. The predicted molar refractivity (Wildman–Crippen MR) is 66.2 cm³/mol. The van der Waals surface area contributed by atoms with Crippen LogP contribution in [0.2, 0.25) is 0 Å². The molecule has 2 rings (SSSR count). The van der Waals surface area contributed by atoms with Crippen molar-refractivity contribution < 1.29 is 14.4 Å². The zero-order valence-electron chi connectivity index (χ0n) is 11.3. The normalized spacial score (nSPS) is 24.7. The maximum Gasteiger partial charge on any atom is 0.232 e. The molecule has 1 aromatic heterocycles. The first-order valence-electron chi connectivity index (χ1n) is 6.74. The van der Waals surface area contributed by atoms with Gasteiger partial charge in [0.05, 0.1) is 12.0 Å². The van der Waals surface area contributed by atoms with Crippen LogP contribution in [-0.2, 0) is 10.3 Å². The Bertz CT molecular complexity index is 379. The van der Waals surface area contributed by atoms with Crippen molar-refractivity contribution in [2.24, 2.45) is 0 Å². The lowest BCUT2D eigenvalue weighted by Crippen LogP contribution is -2.28. The van der Waals surface area contributed by atoms with E-state index in [1.807, 2.05) is 13.8 Å². The summed E-state index contributed by atoms with van der Waals surface area (Å²) in [6, 6.07) is 0. The van der Waals surface area contributed by atoms with Crippen LogP contribution in [0.15, 0.2) is 4.52 Å². The summed E-state index contributed by atoms with van der Waals surface area (Å²) in [4.78, 5) is 4.46. The fourth-order valence-electron chi connectivity index (χ4n) is 2.75. The molecule has 1 fully saturated rings. The average Bonchev–Trinajstić information content (AvgIpc) is 3.01. The van der Waals surface area contributed by atoms with E-state index in [1.54, 1.807) is 7.11 Å². The van der Waals surface area contributed by atoms with Crippen LogP contribution in [0.1, 0.15) is 63.6 Å². The van der Waals surface area contributed by atoms with Crippen LogP contribution >= 0.6 is 0 Å². The third-order valence-corrected chi connectivity index (χ3v) is 4.18. The number of ether oxygens (including phenoxy) is 1. The molecule has 1 aromatic rings. The standard InChI is InChI=1S/C13H22N2O3/c1-4-13(5-2,17-3)12-14-11(18-15-12)9-7-6-8-10(9)16/h9-10,16H,4-8H2,1-3H3. The molecule has 1 saturated carbocycles. The van der Waals surface area contributed by atoms with Gasteiger partial charge >= 0.3 is 0 Å². The van der Waals surface area contributed by atoms with Crippen molar-refractivity contribution in [1.29, 1.82) is 0 Å². The number of methoxy groups -OCH3 is 1. The van der Waals surface area contributed by atoms with Crippen LogP contribution in [-0.4, -0.2) is 28.5 Å². The molecule has 1 N–H and O–H groups in total. The van der Waals surface area contributed by atoms with E-state index >= 15 is 0 Å². The van der Waals surface area contributed by atoms with E-state index in [1.165, 1.54) is 0 Å². The number of nitrogens with zero attached hydrogens (tertiary/aromatic N) is 2. The van der Waals surface area contributed by atoms with Crippen LogP contribution in [0.4, 0.5) is 0 Å². The number of aromatic nitrogens is 2. The summed E-state index contributed by atoms with van der Waals surface area (Å²) in [5.41, 5.74) is -0.467. The fourth-order valence-corrected chi connectivity index (χ4v) is 2.75. The number of aliphatic hydroxyl groups is 1. The molecule has 2 atom stereocenters. The summed E-state index contributed by atoms with van der Waals surface area (Å²) in [5, 5.41) is 13.9. The Hall–Kier alpha value is -0.940. The van der Waals surface area contributed by atoms with Gasteiger partial charge in [-0.3, -0.25) is 0 Å². The van der Waals surface area contributed by atoms with Crippen molar-refractivity contribution in [1.82, 2.24) is 10.1 Å². The second-order valence-electron chi connectivity index (χ2n) is 4.97. The summed E-state index contributed by atoms with van der Waals surface area (Å²) in [6.07, 6.45) is 4.00. The molecule has 5 heteroatoms. The Morgan fingerprint density at radius 1 is 1.39 bits per heavy atom. The molecule has 0 radical (unpaired) electrons. The van der Waals surface area contributed by atoms with Gasteiger partial charge in [-0.15, -0.1) is 0 Å². The molecule has 0 bridgehead atoms. The Labute approximate surface area is 108 Å². The van der Waals surface area contributed by atoms with Crippen molar-refractivity contribution in [3.63, 3.8) is 0 Å². The molecule has 1 heterocycles. The van der Waals surface area contributed by atoms with Gasteiger partial charge in [-0.2, -0.15) is 4.98 Å². The van der Waals surface area contributed by atoms with Gasteiger partial charge in [0, 0.05) is 7.11 Å². The van der Waals surface area contributed by atoms with Gasteiger partial charge in [-0.05, 0) is 32.1 Å². The molecule has 0 amide bonds. The smallest absolute Gasteiger partial charge is 0.232 e. The Balaban J connectivity index is 2.24. The van der Waals surface area contributed by atoms with Crippen LogP contribution in [0, 0.1) is 0 Å². The quantitative estimate of drug-likeness (QED) is 0.873. The highest BCUT2D eigenvalue weighted by Gasteiger charge is 2.37. The first-order chi connectivity index (χ1) is 8.66. The minimum atomic E-state index is -0.467. The van der Waals surface area contributed by atoms with Gasteiger partial charge in [0.2, 0.25) is 11.7 Å². The lowest BCUT2D eigenvalue weighted by Gasteiger charge is -2.25. The van der Waals surface area contributed by atoms with Gasteiger partial charge in [-0.25, -0.2) is 0 Å². The lowest BCUT2D eigenvalue weighted by atomic mass is 9.96. The SMILES string of the molecule is CCC(CC)(OC)c1noc(C2CCCC2O)n1. The molecule has 0 aliphatic heterocycles. The molecule has 1 aliphatic carbocycles.